The SMILES string of the molecule is O=C(O)C=Cc1cnc2c(c1)CCN2S(=O)(=O)c1ccc([N+](=O)[O-])cc1. The maximum absolute atomic E-state index is 12.8. The van der Waals surface area contributed by atoms with E-state index in [0.29, 0.717) is 17.5 Å². The predicted molar refractivity (Wildman–Crippen MR) is 92.2 cm³/mol. The zero-order valence-corrected chi connectivity index (χ0v) is 14.1. The van der Waals surface area contributed by atoms with Crippen LogP contribution in [0.25, 0.3) is 6.08 Å². The average Bonchev–Trinajstić information content (AvgIpc) is 3.04. The van der Waals surface area contributed by atoms with Crippen LogP contribution < -0.4 is 4.31 Å². The largest absolute Gasteiger partial charge is 0.478 e. The van der Waals surface area contributed by atoms with Gasteiger partial charge in [-0.2, -0.15) is 0 Å². The van der Waals surface area contributed by atoms with Gasteiger partial charge in [-0.25, -0.2) is 22.5 Å². The van der Waals surface area contributed by atoms with Crippen molar-refractivity contribution in [3.05, 3.63) is 63.8 Å². The lowest BCUT2D eigenvalue weighted by Gasteiger charge is -2.18. The Bertz CT molecular complexity index is 1010. The van der Waals surface area contributed by atoms with Crippen LogP contribution in [0.2, 0.25) is 0 Å². The van der Waals surface area contributed by atoms with Gasteiger partial charge in [0.15, 0.2) is 0 Å². The number of nitro groups is 1. The average molecular weight is 375 g/mol. The number of anilines is 1. The molecule has 134 valence electrons. The molecule has 1 aliphatic heterocycles. The highest BCUT2D eigenvalue weighted by molar-refractivity contribution is 7.92. The van der Waals surface area contributed by atoms with Gasteiger partial charge in [0.05, 0.1) is 9.82 Å². The number of benzene rings is 1. The van der Waals surface area contributed by atoms with E-state index in [4.69, 9.17) is 5.11 Å². The third-order valence-electron chi connectivity index (χ3n) is 3.84. The van der Waals surface area contributed by atoms with Crippen LogP contribution in [0.3, 0.4) is 0 Å². The van der Waals surface area contributed by atoms with Gasteiger partial charge in [-0.15, -0.1) is 0 Å². The molecule has 26 heavy (non-hydrogen) atoms. The molecule has 0 spiro atoms. The van der Waals surface area contributed by atoms with E-state index < -0.39 is 20.9 Å². The van der Waals surface area contributed by atoms with Crippen LogP contribution in [-0.4, -0.2) is 35.9 Å². The zero-order valence-electron chi connectivity index (χ0n) is 13.3. The van der Waals surface area contributed by atoms with Gasteiger partial charge in [0.1, 0.15) is 5.82 Å². The molecule has 0 amide bonds. The minimum atomic E-state index is -3.90. The van der Waals surface area contributed by atoms with Crippen molar-refractivity contribution in [2.45, 2.75) is 11.3 Å². The van der Waals surface area contributed by atoms with Gasteiger partial charge in [0, 0.05) is 31.0 Å². The van der Waals surface area contributed by atoms with Crippen LogP contribution in [0.1, 0.15) is 11.1 Å². The molecule has 0 bridgehead atoms. The number of nitro benzene ring substituents is 1. The summed E-state index contributed by atoms with van der Waals surface area (Å²) in [5.74, 6) is -0.816. The maximum atomic E-state index is 12.8. The van der Waals surface area contributed by atoms with Crippen LogP contribution in [0, 0.1) is 10.1 Å². The first kappa shape index (κ1) is 17.5. The number of non-ortho nitro benzene ring substituents is 1. The fourth-order valence-electron chi connectivity index (χ4n) is 2.62. The number of rotatable bonds is 5. The van der Waals surface area contributed by atoms with Gasteiger partial charge < -0.3 is 5.11 Å². The number of aromatic nitrogens is 1. The number of aliphatic carboxylic acids is 1. The smallest absolute Gasteiger partial charge is 0.328 e. The van der Waals surface area contributed by atoms with E-state index in [9.17, 15) is 23.3 Å². The highest BCUT2D eigenvalue weighted by Crippen LogP contribution is 2.32. The minimum Gasteiger partial charge on any atom is -0.478 e. The number of hydrogen-bond donors (Lipinski definition) is 1. The number of sulfonamides is 1. The van der Waals surface area contributed by atoms with E-state index in [0.717, 1.165) is 22.5 Å². The summed E-state index contributed by atoms with van der Waals surface area (Å²) in [4.78, 5) is 24.8. The van der Waals surface area contributed by atoms with Crippen molar-refractivity contribution in [2.75, 3.05) is 10.8 Å². The molecule has 0 atom stereocenters. The second kappa shape index (κ2) is 6.56. The Morgan fingerprint density at radius 3 is 2.62 bits per heavy atom. The molecule has 0 fully saturated rings. The van der Waals surface area contributed by atoms with Crippen molar-refractivity contribution in [3.63, 3.8) is 0 Å². The van der Waals surface area contributed by atoms with E-state index in [2.05, 4.69) is 4.98 Å². The highest BCUT2D eigenvalue weighted by atomic mass is 32.2. The third kappa shape index (κ3) is 3.26. The quantitative estimate of drug-likeness (QED) is 0.479. The number of fused-ring (bicyclic) bond motifs is 1. The number of nitrogens with zero attached hydrogens (tertiary/aromatic N) is 3. The van der Waals surface area contributed by atoms with Crippen LogP contribution in [0.15, 0.2) is 47.5 Å². The van der Waals surface area contributed by atoms with Crippen LogP contribution in [0.4, 0.5) is 11.5 Å². The highest BCUT2D eigenvalue weighted by Gasteiger charge is 2.32. The Morgan fingerprint density at radius 1 is 1.31 bits per heavy atom. The molecule has 0 radical (unpaired) electrons. The summed E-state index contributed by atoms with van der Waals surface area (Å²) >= 11 is 0. The third-order valence-corrected chi connectivity index (χ3v) is 5.64. The molecule has 2 aromatic rings. The second-order valence-corrected chi connectivity index (χ2v) is 7.36. The van der Waals surface area contributed by atoms with Crippen LogP contribution >= 0.6 is 0 Å². The van der Waals surface area contributed by atoms with Gasteiger partial charge in [-0.1, -0.05) is 0 Å². The summed E-state index contributed by atoms with van der Waals surface area (Å²) in [5, 5.41) is 19.4. The van der Waals surface area contributed by atoms with Crippen molar-refractivity contribution in [2.24, 2.45) is 0 Å². The Morgan fingerprint density at radius 2 is 2.00 bits per heavy atom. The van der Waals surface area contributed by atoms with E-state index in [1.165, 1.54) is 24.4 Å². The lowest BCUT2D eigenvalue weighted by molar-refractivity contribution is -0.384. The standard InChI is InChI=1S/C16H13N3O6S/c20-15(21)6-1-11-9-12-7-8-18(16(12)17-10-11)26(24,25)14-4-2-13(3-5-14)19(22)23/h1-6,9-10H,7-8H2,(H,20,21). The number of pyridine rings is 1. The van der Waals surface area contributed by atoms with Crippen molar-refractivity contribution < 1.29 is 23.2 Å². The number of carbonyl (C=O) groups is 1. The summed E-state index contributed by atoms with van der Waals surface area (Å²) in [5.41, 5.74) is 1.04. The second-order valence-electron chi connectivity index (χ2n) is 5.50. The fraction of sp³-hybridized carbons (Fsp3) is 0.125. The fourth-order valence-corrected chi connectivity index (χ4v) is 4.08. The minimum absolute atomic E-state index is 0.0624. The first-order valence-corrected chi connectivity index (χ1v) is 8.90. The van der Waals surface area contributed by atoms with Crippen molar-refractivity contribution in [1.29, 1.82) is 0 Å². The predicted octanol–water partition coefficient (Wildman–Crippen LogP) is 1.84. The lowest BCUT2D eigenvalue weighted by Crippen LogP contribution is -2.29. The Balaban J connectivity index is 1.92. The maximum Gasteiger partial charge on any atom is 0.328 e. The first-order valence-electron chi connectivity index (χ1n) is 7.46. The van der Waals surface area contributed by atoms with Gasteiger partial charge in [0.25, 0.3) is 15.7 Å². The summed E-state index contributed by atoms with van der Waals surface area (Å²) in [7, 11) is -3.90. The number of carboxylic acid groups (broad SMARTS) is 1. The molecule has 1 aliphatic rings. The molecule has 0 saturated heterocycles. The molecule has 1 aromatic carbocycles. The van der Waals surface area contributed by atoms with E-state index >= 15 is 0 Å². The molecule has 2 heterocycles. The summed E-state index contributed by atoms with van der Waals surface area (Å²) < 4.78 is 26.8. The molecule has 0 unspecified atom stereocenters. The topological polar surface area (TPSA) is 131 Å². The molecule has 0 saturated carbocycles. The van der Waals surface area contributed by atoms with Gasteiger partial charge in [0.2, 0.25) is 0 Å². The van der Waals surface area contributed by atoms with Gasteiger partial charge in [-0.05, 0) is 41.8 Å². The van der Waals surface area contributed by atoms with E-state index in [1.54, 1.807) is 6.07 Å². The van der Waals surface area contributed by atoms with E-state index in [-0.39, 0.29) is 22.9 Å². The molecular weight excluding hydrogens is 362 g/mol. The van der Waals surface area contributed by atoms with Gasteiger partial charge in [-0.3, -0.25) is 10.1 Å². The summed E-state index contributed by atoms with van der Waals surface area (Å²) in [6.07, 6.45) is 4.18. The molecule has 3 rings (SSSR count). The lowest BCUT2D eigenvalue weighted by atomic mass is 10.1. The Hall–Kier alpha value is -3.27. The van der Waals surface area contributed by atoms with Crippen LogP contribution in [-0.2, 0) is 21.2 Å². The molecule has 10 heteroatoms. The molecule has 1 N–H and O–H groups in total. The van der Waals surface area contributed by atoms with Crippen molar-refractivity contribution in [1.82, 2.24) is 4.98 Å². The monoisotopic (exact) mass is 375 g/mol. The first-order chi connectivity index (χ1) is 12.3. The van der Waals surface area contributed by atoms with Gasteiger partial charge >= 0.3 is 5.97 Å². The number of hydrogen-bond acceptors (Lipinski definition) is 6. The normalized spacial score (nSPS) is 13.8. The zero-order chi connectivity index (χ0) is 18.9. The molecular formula is C16H13N3O6S. The Labute approximate surface area is 148 Å². The number of carboxylic acids is 1. The molecule has 1 aromatic heterocycles. The van der Waals surface area contributed by atoms with Crippen molar-refractivity contribution in [3.8, 4) is 0 Å². The van der Waals surface area contributed by atoms with E-state index in [1.807, 2.05) is 0 Å². The summed E-state index contributed by atoms with van der Waals surface area (Å²) in [6, 6.07) is 6.34. The Kier molecular flexibility index (Phi) is 4.43. The summed E-state index contributed by atoms with van der Waals surface area (Å²) in [6.45, 7) is 0.188. The van der Waals surface area contributed by atoms with Crippen molar-refractivity contribution >= 4 is 33.6 Å². The molecule has 0 aliphatic carbocycles. The molecule has 9 nitrogen and oxygen atoms in total. The van der Waals surface area contributed by atoms with Crippen LogP contribution in [0.5, 0.6) is 0 Å².